The molecule has 0 bridgehead atoms. The average molecular weight is 327 g/mol. The number of ketones is 1. The van der Waals surface area contributed by atoms with Crippen LogP contribution >= 0.6 is 0 Å². The summed E-state index contributed by atoms with van der Waals surface area (Å²) < 4.78 is 5.87. The molecule has 2 aromatic rings. The maximum absolute atomic E-state index is 12.1. The molecule has 3 rings (SSSR count). The summed E-state index contributed by atoms with van der Waals surface area (Å²) in [6, 6.07) is 5.25. The number of hydrogen-bond donors (Lipinski definition) is 2. The fourth-order valence-corrected chi connectivity index (χ4v) is 2.81. The molecule has 0 aliphatic heterocycles. The predicted octanol–water partition coefficient (Wildman–Crippen LogP) is 2.86. The van der Waals surface area contributed by atoms with Gasteiger partial charge in [0.05, 0.1) is 0 Å². The Morgan fingerprint density at radius 2 is 2.12 bits per heavy atom. The van der Waals surface area contributed by atoms with E-state index in [1.54, 1.807) is 12.3 Å². The Bertz CT molecular complexity index is 733. The minimum atomic E-state index is -0.252. The summed E-state index contributed by atoms with van der Waals surface area (Å²) in [5.74, 6) is 0.276. The lowest BCUT2D eigenvalue weighted by Crippen LogP contribution is -2.23. The van der Waals surface area contributed by atoms with Crippen molar-refractivity contribution < 1.29 is 14.3 Å². The first-order valence-electron chi connectivity index (χ1n) is 8.21. The summed E-state index contributed by atoms with van der Waals surface area (Å²) in [5.41, 5.74) is 1.79. The average Bonchev–Trinajstić information content (AvgIpc) is 3.24. The molecule has 2 aromatic heterocycles. The van der Waals surface area contributed by atoms with Crippen molar-refractivity contribution in [2.24, 2.45) is 0 Å². The van der Waals surface area contributed by atoms with Gasteiger partial charge in [0.2, 0.25) is 5.88 Å². The zero-order valence-corrected chi connectivity index (χ0v) is 13.7. The quantitative estimate of drug-likeness (QED) is 0.799. The van der Waals surface area contributed by atoms with Gasteiger partial charge in [-0.05, 0) is 50.3 Å². The van der Waals surface area contributed by atoms with Crippen molar-refractivity contribution in [2.75, 3.05) is 0 Å². The molecule has 0 spiro atoms. The predicted molar refractivity (Wildman–Crippen MR) is 89.1 cm³/mol. The van der Waals surface area contributed by atoms with Crippen molar-refractivity contribution in [1.82, 2.24) is 15.3 Å². The van der Waals surface area contributed by atoms with Crippen molar-refractivity contribution in [1.29, 1.82) is 0 Å². The summed E-state index contributed by atoms with van der Waals surface area (Å²) in [6.45, 7) is 1.84. The zero-order valence-electron chi connectivity index (χ0n) is 13.7. The van der Waals surface area contributed by atoms with Crippen LogP contribution in [0.1, 0.15) is 59.0 Å². The lowest BCUT2D eigenvalue weighted by molar-refractivity contribution is 0.0946. The monoisotopic (exact) mass is 327 g/mol. The van der Waals surface area contributed by atoms with Crippen molar-refractivity contribution in [3.8, 4) is 5.88 Å². The third kappa shape index (κ3) is 4.01. The summed E-state index contributed by atoms with van der Waals surface area (Å²) in [7, 11) is 0. The maximum atomic E-state index is 12.1. The minimum Gasteiger partial charge on any atom is -0.474 e. The second-order valence-corrected chi connectivity index (χ2v) is 6.07. The van der Waals surface area contributed by atoms with E-state index in [1.165, 1.54) is 26.0 Å². The number of nitrogens with zero attached hydrogens (tertiary/aromatic N) is 1. The van der Waals surface area contributed by atoms with Gasteiger partial charge in [0, 0.05) is 30.6 Å². The van der Waals surface area contributed by atoms with E-state index in [-0.39, 0.29) is 17.8 Å². The van der Waals surface area contributed by atoms with E-state index in [0.29, 0.717) is 23.7 Å². The van der Waals surface area contributed by atoms with Gasteiger partial charge in [-0.2, -0.15) is 0 Å². The third-order valence-corrected chi connectivity index (χ3v) is 4.18. The van der Waals surface area contributed by atoms with Gasteiger partial charge >= 0.3 is 0 Å². The Kier molecular flexibility index (Phi) is 4.93. The van der Waals surface area contributed by atoms with Crippen LogP contribution in [0, 0.1) is 0 Å². The molecular formula is C18H21N3O3. The van der Waals surface area contributed by atoms with E-state index in [9.17, 15) is 9.59 Å². The standard InChI is InChI=1S/C18H21N3O3/c1-12(22)14-9-16(20-11-14)18(23)21-10-13-6-7-19-17(8-13)24-15-4-2-3-5-15/h6-9,11,15,20H,2-5,10H2,1H3,(H,21,23). The molecule has 6 heteroatoms. The van der Waals surface area contributed by atoms with E-state index in [2.05, 4.69) is 15.3 Å². The lowest BCUT2D eigenvalue weighted by atomic mass is 10.2. The van der Waals surface area contributed by atoms with Gasteiger partial charge in [0.1, 0.15) is 11.8 Å². The molecular weight excluding hydrogens is 306 g/mol. The molecule has 1 aliphatic rings. The molecule has 24 heavy (non-hydrogen) atoms. The number of H-pyrrole nitrogens is 1. The van der Waals surface area contributed by atoms with Crippen LogP contribution < -0.4 is 10.1 Å². The number of aromatic amines is 1. The van der Waals surface area contributed by atoms with Gasteiger partial charge in [-0.25, -0.2) is 4.98 Å². The molecule has 0 saturated heterocycles. The number of carbonyl (C=O) groups excluding carboxylic acids is 2. The van der Waals surface area contributed by atoms with Crippen LogP contribution in [0.25, 0.3) is 0 Å². The number of hydrogen-bond acceptors (Lipinski definition) is 4. The second kappa shape index (κ2) is 7.29. The Morgan fingerprint density at radius 1 is 1.33 bits per heavy atom. The molecule has 1 saturated carbocycles. The van der Waals surface area contributed by atoms with Crippen LogP contribution in [0.15, 0.2) is 30.6 Å². The highest BCUT2D eigenvalue weighted by molar-refractivity contribution is 5.99. The van der Waals surface area contributed by atoms with Crippen LogP contribution in [-0.2, 0) is 6.54 Å². The molecule has 1 amide bonds. The van der Waals surface area contributed by atoms with Gasteiger partial charge in [-0.15, -0.1) is 0 Å². The largest absolute Gasteiger partial charge is 0.474 e. The van der Waals surface area contributed by atoms with Crippen molar-refractivity contribution >= 4 is 11.7 Å². The Morgan fingerprint density at radius 3 is 2.83 bits per heavy atom. The number of nitrogens with one attached hydrogen (secondary N) is 2. The number of aromatic nitrogens is 2. The number of carbonyl (C=O) groups is 2. The first-order valence-corrected chi connectivity index (χ1v) is 8.21. The minimum absolute atomic E-state index is 0.0758. The Hall–Kier alpha value is -2.63. The molecule has 0 aromatic carbocycles. The Balaban J connectivity index is 1.57. The molecule has 0 unspecified atom stereocenters. The number of pyridine rings is 1. The van der Waals surface area contributed by atoms with Gasteiger partial charge in [0.25, 0.3) is 5.91 Å². The maximum Gasteiger partial charge on any atom is 0.267 e. The summed E-state index contributed by atoms with van der Waals surface area (Å²) in [6.07, 6.45) is 8.05. The van der Waals surface area contributed by atoms with Crippen LogP contribution in [0.4, 0.5) is 0 Å². The fraction of sp³-hybridized carbons (Fsp3) is 0.389. The van der Waals surface area contributed by atoms with E-state index >= 15 is 0 Å². The van der Waals surface area contributed by atoms with Crippen molar-refractivity contribution in [3.05, 3.63) is 47.4 Å². The number of amides is 1. The molecule has 1 aliphatic carbocycles. The SMILES string of the molecule is CC(=O)c1c[nH]c(C(=O)NCc2ccnc(OC3CCCC3)c2)c1. The van der Waals surface area contributed by atoms with E-state index in [1.807, 2.05) is 12.1 Å². The van der Waals surface area contributed by atoms with Crippen LogP contribution in [0.3, 0.4) is 0 Å². The highest BCUT2D eigenvalue weighted by Gasteiger charge is 2.17. The smallest absolute Gasteiger partial charge is 0.267 e. The molecule has 1 fully saturated rings. The highest BCUT2D eigenvalue weighted by atomic mass is 16.5. The summed E-state index contributed by atoms with van der Waals surface area (Å²) in [5, 5.41) is 2.82. The second-order valence-electron chi connectivity index (χ2n) is 6.07. The van der Waals surface area contributed by atoms with Crippen molar-refractivity contribution in [2.45, 2.75) is 45.3 Å². The van der Waals surface area contributed by atoms with E-state index in [0.717, 1.165) is 18.4 Å². The number of Topliss-reactive ketones (excluding diaryl/α,β-unsaturated/α-hetero) is 1. The summed E-state index contributed by atoms with van der Waals surface area (Å²) >= 11 is 0. The molecule has 0 radical (unpaired) electrons. The lowest BCUT2D eigenvalue weighted by Gasteiger charge is -2.12. The molecule has 0 atom stereocenters. The van der Waals surface area contributed by atoms with Crippen molar-refractivity contribution in [3.63, 3.8) is 0 Å². The number of rotatable bonds is 6. The highest BCUT2D eigenvalue weighted by Crippen LogP contribution is 2.23. The van der Waals surface area contributed by atoms with Gasteiger partial charge < -0.3 is 15.0 Å². The molecule has 2 N–H and O–H groups in total. The molecule has 126 valence electrons. The molecule has 6 nitrogen and oxygen atoms in total. The van der Waals surface area contributed by atoms with Gasteiger partial charge in [0.15, 0.2) is 5.78 Å². The normalized spacial score (nSPS) is 14.5. The van der Waals surface area contributed by atoms with Gasteiger partial charge in [-0.1, -0.05) is 0 Å². The van der Waals surface area contributed by atoms with Crippen LogP contribution in [0.5, 0.6) is 5.88 Å². The van der Waals surface area contributed by atoms with Crippen LogP contribution in [0.2, 0.25) is 0 Å². The van der Waals surface area contributed by atoms with E-state index < -0.39 is 0 Å². The molecule has 2 heterocycles. The fourth-order valence-electron chi connectivity index (χ4n) is 2.81. The van der Waals surface area contributed by atoms with Gasteiger partial charge in [-0.3, -0.25) is 9.59 Å². The topological polar surface area (TPSA) is 84.1 Å². The first kappa shape index (κ1) is 16.2. The first-order chi connectivity index (χ1) is 11.6. The Labute approximate surface area is 140 Å². The zero-order chi connectivity index (χ0) is 16.9. The third-order valence-electron chi connectivity index (χ3n) is 4.18. The summed E-state index contributed by atoms with van der Waals surface area (Å²) in [4.78, 5) is 30.4. The number of ether oxygens (including phenoxy) is 1. The van der Waals surface area contributed by atoms with Crippen LogP contribution in [-0.4, -0.2) is 27.8 Å². The van der Waals surface area contributed by atoms with E-state index in [4.69, 9.17) is 4.74 Å².